The lowest BCUT2D eigenvalue weighted by Crippen LogP contribution is -2.55. The van der Waals surface area contributed by atoms with Gasteiger partial charge in [0.25, 0.3) is 0 Å². The predicted octanol–water partition coefficient (Wildman–Crippen LogP) is 5.91. The Morgan fingerprint density at radius 2 is 1.56 bits per heavy atom. The zero-order valence-corrected chi connectivity index (χ0v) is 30.9. The molecule has 0 saturated carbocycles. The lowest BCUT2D eigenvalue weighted by Gasteiger charge is -2.30. The zero-order valence-electron chi connectivity index (χ0n) is 29.2. The van der Waals surface area contributed by atoms with Gasteiger partial charge in [0.2, 0.25) is 5.91 Å². The predicted molar refractivity (Wildman–Crippen MR) is 197 cm³/mol. The number of alkyl carbamates (subject to hydrolysis) is 1. The van der Waals surface area contributed by atoms with E-state index in [9.17, 15) is 19.5 Å². The molecule has 4 amide bonds. The number of carbonyl (C=O) groups excluding carboxylic acids is 3. The number of urea groups is 1. The van der Waals surface area contributed by atoms with Crippen molar-refractivity contribution in [2.75, 3.05) is 7.05 Å². The van der Waals surface area contributed by atoms with Crippen molar-refractivity contribution in [3.8, 4) is 0 Å². The number of rotatable bonds is 17. The van der Waals surface area contributed by atoms with Crippen LogP contribution in [0.4, 0.5) is 9.59 Å². The molecule has 0 bridgehead atoms. The molecule has 0 radical (unpaired) electrons. The average molecular weight is 721 g/mol. The van der Waals surface area contributed by atoms with E-state index in [1.54, 1.807) is 30.1 Å². The Morgan fingerprint density at radius 1 is 0.900 bits per heavy atom. The topological polar surface area (TPSA) is 146 Å². The molecule has 11 nitrogen and oxygen atoms in total. The Kier molecular flexibility index (Phi) is 14.7. The maximum Gasteiger partial charge on any atom is 0.407 e. The number of hydrogen-bond acceptors (Lipinski definition) is 9. The second kappa shape index (κ2) is 19.2. The molecule has 268 valence electrons. The Hall–Kier alpha value is -4.33. The summed E-state index contributed by atoms with van der Waals surface area (Å²) >= 11 is 2.95. The van der Waals surface area contributed by atoms with Crippen LogP contribution in [0.1, 0.15) is 66.7 Å². The minimum absolute atomic E-state index is 0.0671. The summed E-state index contributed by atoms with van der Waals surface area (Å²) in [6.45, 7) is 8.28. The summed E-state index contributed by atoms with van der Waals surface area (Å²) in [5.74, 6) is -0.277. The lowest BCUT2D eigenvalue weighted by atomic mass is 9.93. The van der Waals surface area contributed by atoms with Crippen LogP contribution in [-0.4, -0.2) is 69.3 Å². The lowest BCUT2D eigenvalue weighted by molar-refractivity contribution is -0.124. The van der Waals surface area contributed by atoms with Crippen molar-refractivity contribution in [3.05, 3.63) is 104 Å². The molecule has 4 N–H and O–H groups in total. The van der Waals surface area contributed by atoms with Gasteiger partial charge in [-0.05, 0) is 36.3 Å². The molecule has 4 aromatic rings. The summed E-state index contributed by atoms with van der Waals surface area (Å²) in [6.07, 6.45) is 0.836. The van der Waals surface area contributed by atoms with E-state index in [4.69, 9.17) is 4.74 Å². The molecular weight excluding hydrogens is 673 g/mol. The van der Waals surface area contributed by atoms with Gasteiger partial charge in [0.15, 0.2) is 0 Å². The average Bonchev–Trinajstić information content (AvgIpc) is 3.79. The molecule has 0 aliphatic rings. The summed E-state index contributed by atoms with van der Waals surface area (Å²) in [5.41, 5.74) is 4.35. The maximum absolute atomic E-state index is 13.9. The third-order valence-corrected chi connectivity index (χ3v) is 10.1. The van der Waals surface area contributed by atoms with Gasteiger partial charge in [-0.1, -0.05) is 88.4 Å². The molecule has 0 spiro atoms. The summed E-state index contributed by atoms with van der Waals surface area (Å²) < 4.78 is 5.42. The quantitative estimate of drug-likeness (QED) is 0.106. The molecular formula is C37H48N6O5S2. The highest BCUT2D eigenvalue weighted by molar-refractivity contribution is 7.09. The fraction of sp³-hybridized carbons (Fsp3) is 0.432. The third kappa shape index (κ3) is 12.2. The maximum atomic E-state index is 13.9. The van der Waals surface area contributed by atoms with Crippen molar-refractivity contribution >= 4 is 40.7 Å². The van der Waals surface area contributed by atoms with Crippen molar-refractivity contribution in [3.63, 3.8) is 0 Å². The van der Waals surface area contributed by atoms with Crippen LogP contribution in [-0.2, 0) is 35.5 Å². The normalized spacial score (nSPS) is 13.7. The van der Waals surface area contributed by atoms with Crippen molar-refractivity contribution in [2.45, 2.75) is 90.3 Å². The second-order valence-electron chi connectivity index (χ2n) is 13.0. The number of ether oxygens (including phenoxy) is 1. The van der Waals surface area contributed by atoms with Crippen LogP contribution < -0.4 is 16.0 Å². The largest absolute Gasteiger partial charge is 0.444 e. The number of aromatic nitrogens is 2. The highest BCUT2D eigenvalue weighted by atomic mass is 32.1. The van der Waals surface area contributed by atoms with Crippen molar-refractivity contribution < 1.29 is 24.2 Å². The molecule has 0 saturated heterocycles. The molecule has 0 aliphatic heterocycles. The van der Waals surface area contributed by atoms with E-state index in [1.807, 2.05) is 79.9 Å². The van der Waals surface area contributed by atoms with Gasteiger partial charge < -0.3 is 30.7 Å². The molecule has 0 fully saturated rings. The first-order valence-electron chi connectivity index (χ1n) is 16.8. The van der Waals surface area contributed by atoms with Crippen molar-refractivity contribution in [1.29, 1.82) is 0 Å². The number of nitrogens with zero attached hydrogens (tertiary/aromatic N) is 3. The fourth-order valence-electron chi connectivity index (χ4n) is 5.39. The first-order valence-corrected chi connectivity index (χ1v) is 18.6. The number of aliphatic hydroxyl groups excluding tert-OH is 1. The first-order chi connectivity index (χ1) is 24.0. The van der Waals surface area contributed by atoms with E-state index < -0.39 is 30.3 Å². The highest BCUT2D eigenvalue weighted by Gasteiger charge is 2.31. The minimum Gasteiger partial charge on any atom is -0.444 e. The molecule has 13 heteroatoms. The van der Waals surface area contributed by atoms with Crippen LogP contribution in [0, 0.1) is 5.92 Å². The van der Waals surface area contributed by atoms with E-state index in [2.05, 4.69) is 39.8 Å². The van der Waals surface area contributed by atoms with Gasteiger partial charge in [-0.2, -0.15) is 0 Å². The Bertz CT molecular complexity index is 1620. The van der Waals surface area contributed by atoms with Gasteiger partial charge in [0.05, 0.1) is 39.8 Å². The molecule has 2 aromatic carbocycles. The molecule has 50 heavy (non-hydrogen) atoms. The smallest absolute Gasteiger partial charge is 0.407 e. The van der Waals surface area contributed by atoms with Gasteiger partial charge in [-0.15, -0.1) is 22.7 Å². The molecule has 0 aliphatic carbocycles. The number of hydrogen-bond donors (Lipinski definition) is 4. The van der Waals surface area contributed by atoms with Crippen LogP contribution in [0.3, 0.4) is 0 Å². The fourth-order valence-corrected chi connectivity index (χ4v) is 6.72. The van der Waals surface area contributed by atoms with Gasteiger partial charge in [-0.3, -0.25) is 9.78 Å². The van der Waals surface area contributed by atoms with Crippen molar-refractivity contribution in [2.24, 2.45) is 5.92 Å². The van der Waals surface area contributed by atoms with E-state index in [-0.39, 0.29) is 30.9 Å². The van der Waals surface area contributed by atoms with Crippen LogP contribution in [0.5, 0.6) is 0 Å². The number of amides is 4. The second-order valence-corrected chi connectivity index (χ2v) is 14.9. The molecule has 2 heterocycles. The molecule has 0 unspecified atom stereocenters. The Balaban J connectivity index is 1.46. The summed E-state index contributed by atoms with van der Waals surface area (Å²) in [6, 6.07) is 16.8. The van der Waals surface area contributed by atoms with Crippen LogP contribution in [0.15, 0.2) is 77.8 Å². The van der Waals surface area contributed by atoms with E-state index in [0.717, 1.165) is 26.7 Å². The number of aliphatic hydroxyl groups is 1. The molecule has 4 rings (SSSR count). The van der Waals surface area contributed by atoms with Crippen LogP contribution in [0.25, 0.3) is 0 Å². The van der Waals surface area contributed by atoms with Gasteiger partial charge in [-0.25, -0.2) is 14.6 Å². The number of nitrogens with one attached hydrogen (secondary N) is 3. The third-order valence-electron chi connectivity index (χ3n) is 8.13. The molecule has 2 aromatic heterocycles. The van der Waals surface area contributed by atoms with Crippen LogP contribution in [0.2, 0.25) is 0 Å². The number of benzene rings is 2. The van der Waals surface area contributed by atoms with Crippen molar-refractivity contribution in [1.82, 2.24) is 30.8 Å². The standard InChI is InChI=1S/C37H48N6O5S2/c1-24(2)33(42-36(46)43(5)20-29-22-49-35(40-29)25(3)4)34(45)39-28(16-26-12-8-6-9-13-26)18-32(44)31(17-27-14-10-7-11-15-27)41-37(47)48-21-30-19-38-23-50-30/h6-15,19,22-25,28,31-33,44H,16-18,20-21H2,1-5H3,(H,39,45)(H,41,47)(H,42,46)/t28-,31-,32-,33-/m1/s1. The SMILES string of the molecule is CC(C)c1nc(CN(C)C(=O)N[C@@H](C(=O)N[C@H](Cc2ccccc2)C[C@@H](O)[C@@H](Cc2ccccc2)NC(=O)OCc2cncs2)C(C)C)cs1. The minimum atomic E-state index is -1.05. The van der Waals surface area contributed by atoms with E-state index in [1.165, 1.54) is 16.2 Å². The number of carbonyl (C=O) groups is 3. The zero-order chi connectivity index (χ0) is 36.0. The molecule has 4 atom stereocenters. The van der Waals surface area contributed by atoms with Gasteiger partial charge in [0, 0.05) is 30.6 Å². The number of thiazole rings is 2. The Morgan fingerprint density at radius 3 is 2.14 bits per heavy atom. The monoisotopic (exact) mass is 720 g/mol. The summed E-state index contributed by atoms with van der Waals surface area (Å²) in [4.78, 5) is 51.0. The summed E-state index contributed by atoms with van der Waals surface area (Å²) in [5, 5.41) is 23.5. The van der Waals surface area contributed by atoms with Gasteiger partial charge >= 0.3 is 12.1 Å². The van der Waals surface area contributed by atoms with E-state index >= 15 is 0 Å². The van der Waals surface area contributed by atoms with Gasteiger partial charge in [0.1, 0.15) is 12.6 Å². The van der Waals surface area contributed by atoms with E-state index in [0.29, 0.717) is 25.3 Å². The first kappa shape index (κ1) is 38.5. The highest BCUT2D eigenvalue weighted by Crippen LogP contribution is 2.20. The Labute approximate surface area is 302 Å². The summed E-state index contributed by atoms with van der Waals surface area (Å²) in [7, 11) is 1.68. The van der Waals surface area contributed by atoms with Crippen LogP contribution >= 0.6 is 22.7 Å².